The summed E-state index contributed by atoms with van der Waals surface area (Å²) in [5, 5.41) is 4.41. The van der Waals surface area contributed by atoms with E-state index in [-0.39, 0.29) is 42.7 Å². The lowest BCUT2D eigenvalue weighted by Gasteiger charge is -2.18. The van der Waals surface area contributed by atoms with Gasteiger partial charge in [-0.05, 0) is 45.7 Å². The fourth-order valence-electron chi connectivity index (χ4n) is 4.64. The number of fused-ring (bicyclic) bond motifs is 1. The highest BCUT2D eigenvalue weighted by atomic mass is 19.3. The van der Waals surface area contributed by atoms with Gasteiger partial charge in [0.25, 0.3) is 11.5 Å². The second-order valence-electron chi connectivity index (χ2n) is 10.1. The van der Waals surface area contributed by atoms with Crippen LogP contribution in [0.4, 0.5) is 8.78 Å². The topological polar surface area (TPSA) is 98.1 Å². The van der Waals surface area contributed by atoms with E-state index in [1.54, 1.807) is 40.7 Å². The van der Waals surface area contributed by atoms with E-state index >= 15 is 0 Å². The number of hydrogen-bond donors (Lipinski definition) is 0. The van der Waals surface area contributed by atoms with Gasteiger partial charge >= 0.3 is 5.69 Å². The molecule has 12 heteroatoms. The standard InChI is InChI=1S/C28H36F2N6O4/c1-7-12-35-26(37)23-25(34(8-2)27(35)38)32-24(36(23)17-39-19(5)40-18(3)4)21-14-31-33(16-21)15-20-10-9-11-22(13-20)28(6,29)30/h9-11,13-14,16,18-19H,7-8,12,15,17H2,1-6H3. The zero-order valence-corrected chi connectivity index (χ0v) is 23.7. The van der Waals surface area contributed by atoms with Crippen LogP contribution in [0.1, 0.15) is 59.1 Å². The van der Waals surface area contributed by atoms with Gasteiger partial charge in [-0.1, -0.05) is 25.1 Å². The second kappa shape index (κ2) is 11.8. The molecule has 0 aliphatic rings. The van der Waals surface area contributed by atoms with E-state index < -0.39 is 23.5 Å². The average Bonchev–Trinajstić information content (AvgIpc) is 3.49. The third-order valence-electron chi connectivity index (χ3n) is 6.45. The van der Waals surface area contributed by atoms with Gasteiger partial charge in [-0.15, -0.1) is 0 Å². The number of rotatable bonds is 12. The van der Waals surface area contributed by atoms with Crippen LogP contribution < -0.4 is 11.2 Å². The van der Waals surface area contributed by atoms with E-state index in [9.17, 15) is 18.4 Å². The normalized spacial score (nSPS) is 13.0. The van der Waals surface area contributed by atoms with Crippen LogP contribution in [-0.4, -0.2) is 40.9 Å². The van der Waals surface area contributed by atoms with E-state index in [0.717, 1.165) is 6.92 Å². The molecule has 10 nitrogen and oxygen atoms in total. The Labute approximate surface area is 230 Å². The maximum absolute atomic E-state index is 13.8. The van der Waals surface area contributed by atoms with Crippen LogP contribution in [0.2, 0.25) is 0 Å². The molecule has 0 saturated carbocycles. The van der Waals surface area contributed by atoms with Crippen LogP contribution in [-0.2, 0) is 41.8 Å². The van der Waals surface area contributed by atoms with Crippen molar-refractivity contribution in [3.05, 3.63) is 68.6 Å². The average molecular weight is 559 g/mol. The van der Waals surface area contributed by atoms with E-state index in [4.69, 9.17) is 14.5 Å². The molecule has 1 atom stereocenters. The fourth-order valence-corrected chi connectivity index (χ4v) is 4.64. The molecule has 0 bridgehead atoms. The van der Waals surface area contributed by atoms with Crippen molar-refractivity contribution < 1.29 is 18.3 Å². The molecule has 0 radical (unpaired) electrons. The molecule has 4 aromatic rings. The largest absolute Gasteiger partial charge is 0.350 e. The molecule has 1 aromatic carbocycles. The highest BCUT2D eigenvalue weighted by Crippen LogP contribution is 2.28. The monoisotopic (exact) mass is 558 g/mol. The first-order valence-corrected chi connectivity index (χ1v) is 13.5. The van der Waals surface area contributed by atoms with Crippen molar-refractivity contribution in [1.29, 1.82) is 0 Å². The van der Waals surface area contributed by atoms with Gasteiger partial charge in [0.1, 0.15) is 12.6 Å². The first kappa shape index (κ1) is 29.3. The molecular weight excluding hydrogens is 522 g/mol. The van der Waals surface area contributed by atoms with Gasteiger partial charge in [0, 0.05) is 31.8 Å². The number of aromatic nitrogens is 6. The van der Waals surface area contributed by atoms with Crippen molar-refractivity contribution in [3.63, 3.8) is 0 Å². The smallest absolute Gasteiger partial charge is 0.332 e. The minimum atomic E-state index is -2.95. The van der Waals surface area contributed by atoms with Crippen LogP contribution in [0, 0.1) is 0 Å². The Kier molecular flexibility index (Phi) is 8.69. The molecule has 3 aromatic heterocycles. The Morgan fingerprint density at radius 3 is 2.48 bits per heavy atom. The number of nitrogens with zero attached hydrogens (tertiary/aromatic N) is 6. The maximum atomic E-state index is 13.8. The zero-order chi connectivity index (χ0) is 29.2. The predicted molar refractivity (Wildman–Crippen MR) is 147 cm³/mol. The van der Waals surface area contributed by atoms with E-state index in [1.807, 2.05) is 27.7 Å². The first-order chi connectivity index (χ1) is 18.9. The lowest BCUT2D eigenvalue weighted by molar-refractivity contribution is -0.169. The quantitative estimate of drug-likeness (QED) is 0.237. The van der Waals surface area contributed by atoms with Crippen molar-refractivity contribution in [2.75, 3.05) is 0 Å². The summed E-state index contributed by atoms with van der Waals surface area (Å²) in [6, 6.07) is 6.19. The van der Waals surface area contributed by atoms with Gasteiger partial charge in [0.15, 0.2) is 17.5 Å². The fraction of sp³-hybridized carbons (Fsp3) is 0.500. The number of imidazole rings is 1. The van der Waals surface area contributed by atoms with Crippen LogP contribution >= 0.6 is 0 Å². The summed E-state index contributed by atoms with van der Waals surface area (Å²) in [6.45, 7) is 10.9. The second-order valence-corrected chi connectivity index (χ2v) is 10.1. The first-order valence-electron chi connectivity index (χ1n) is 13.5. The number of halogens is 2. The molecule has 0 N–H and O–H groups in total. The van der Waals surface area contributed by atoms with Gasteiger partial charge in [0.05, 0.1) is 24.4 Å². The summed E-state index contributed by atoms with van der Waals surface area (Å²) in [5.41, 5.74) is 0.793. The van der Waals surface area contributed by atoms with E-state index in [1.165, 1.54) is 21.3 Å². The summed E-state index contributed by atoms with van der Waals surface area (Å²) < 4.78 is 45.3. The van der Waals surface area contributed by atoms with Gasteiger partial charge in [-0.2, -0.15) is 5.10 Å². The number of hydrogen-bond acceptors (Lipinski definition) is 6. The Hall–Kier alpha value is -3.64. The maximum Gasteiger partial charge on any atom is 0.332 e. The number of alkyl halides is 2. The SMILES string of the molecule is CCCn1c(=O)c2c(nc(-c3cnn(Cc4cccc(C(C)(F)F)c4)c3)n2COC(C)OC(C)C)n(CC)c1=O. The van der Waals surface area contributed by atoms with E-state index in [0.29, 0.717) is 29.9 Å². The molecule has 4 rings (SSSR count). The number of aryl methyl sites for hydroxylation is 1. The molecule has 3 heterocycles. The van der Waals surface area contributed by atoms with Gasteiger partial charge in [-0.25, -0.2) is 18.6 Å². The summed E-state index contributed by atoms with van der Waals surface area (Å²) in [6.07, 6.45) is 3.29. The third-order valence-corrected chi connectivity index (χ3v) is 6.45. The Bertz CT molecular complexity index is 1600. The number of benzene rings is 1. The van der Waals surface area contributed by atoms with Crippen LogP contribution in [0.25, 0.3) is 22.6 Å². The van der Waals surface area contributed by atoms with Gasteiger partial charge < -0.3 is 9.47 Å². The van der Waals surface area contributed by atoms with Gasteiger partial charge in [-0.3, -0.25) is 23.2 Å². The molecule has 0 spiro atoms. The highest BCUT2D eigenvalue weighted by Gasteiger charge is 2.25. The summed E-state index contributed by atoms with van der Waals surface area (Å²) in [7, 11) is 0. The van der Waals surface area contributed by atoms with E-state index in [2.05, 4.69) is 5.10 Å². The third kappa shape index (κ3) is 6.07. The molecule has 1 unspecified atom stereocenters. The Morgan fingerprint density at radius 1 is 1.07 bits per heavy atom. The molecule has 0 saturated heterocycles. The summed E-state index contributed by atoms with van der Waals surface area (Å²) in [5.74, 6) is -2.56. The molecule has 0 aliphatic heterocycles. The molecule has 0 fully saturated rings. The van der Waals surface area contributed by atoms with Crippen LogP contribution in [0.5, 0.6) is 0 Å². The van der Waals surface area contributed by atoms with Crippen molar-refractivity contribution in [3.8, 4) is 11.4 Å². The van der Waals surface area contributed by atoms with Gasteiger partial charge in [0.2, 0.25) is 0 Å². The molecule has 40 heavy (non-hydrogen) atoms. The van der Waals surface area contributed by atoms with Crippen LogP contribution in [0.15, 0.2) is 46.2 Å². The highest BCUT2D eigenvalue weighted by molar-refractivity contribution is 5.76. The Morgan fingerprint density at radius 2 is 1.82 bits per heavy atom. The van der Waals surface area contributed by atoms with Crippen molar-refractivity contribution in [1.82, 2.24) is 28.5 Å². The van der Waals surface area contributed by atoms with Crippen molar-refractivity contribution in [2.24, 2.45) is 0 Å². The molecular formula is C28H36F2N6O4. The molecule has 216 valence electrons. The molecule has 0 aliphatic carbocycles. The zero-order valence-electron chi connectivity index (χ0n) is 23.7. The lowest BCUT2D eigenvalue weighted by atomic mass is 10.1. The minimum absolute atomic E-state index is 0.0538. The summed E-state index contributed by atoms with van der Waals surface area (Å²) in [4.78, 5) is 31.4. The van der Waals surface area contributed by atoms with Crippen molar-refractivity contribution in [2.45, 2.75) is 92.6 Å². The van der Waals surface area contributed by atoms with Crippen molar-refractivity contribution >= 4 is 11.2 Å². The van der Waals surface area contributed by atoms with Crippen LogP contribution in [0.3, 0.4) is 0 Å². The Balaban J connectivity index is 1.81. The number of ether oxygens (including phenoxy) is 2. The predicted octanol–water partition coefficient (Wildman–Crippen LogP) is 4.56. The minimum Gasteiger partial charge on any atom is -0.350 e. The molecule has 0 amide bonds. The summed E-state index contributed by atoms with van der Waals surface area (Å²) >= 11 is 0. The lowest BCUT2D eigenvalue weighted by Crippen LogP contribution is -2.40.